The van der Waals surface area contributed by atoms with Crippen molar-refractivity contribution >= 4 is 17.8 Å². The summed E-state index contributed by atoms with van der Waals surface area (Å²) < 4.78 is 5.16. The van der Waals surface area contributed by atoms with Crippen molar-refractivity contribution in [3.63, 3.8) is 0 Å². The molecule has 8 nitrogen and oxygen atoms in total. The van der Waals surface area contributed by atoms with Crippen molar-refractivity contribution in [2.75, 3.05) is 18.9 Å². The molecule has 2 N–H and O–H groups in total. The zero-order chi connectivity index (χ0) is 19.3. The molecule has 8 heteroatoms. The summed E-state index contributed by atoms with van der Waals surface area (Å²) in [6, 6.07) is 9.22. The highest BCUT2D eigenvalue weighted by atomic mass is 16.6. The van der Waals surface area contributed by atoms with Gasteiger partial charge in [-0.25, -0.2) is 9.78 Å². The maximum absolute atomic E-state index is 12.1. The lowest BCUT2D eigenvalue weighted by Gasteiger charge is -2.24. The van der Waals surface area contributed by atoms with E-state index in [1.54, 1.807) is 20.8 Å². The molecule has 138 valence electrons. The Morgan fingerprint density at radius 2 is 1.88 bits per heavy atom. The molecular formula is C18H22N4O4. The number of aromatic amines is 1. The number of carbonyl (C=O) groups is 2. The standard InChI is InChI=1S/C18H22N4O4/c1-18(2,3)26-17(25)22(4)11-14(23)21-15-16(24)20-13(10-19-15)12-8-6-5-7-9-12/h5-10H,11H2,1-4H3,(H,20,24)(H,19,21,23). The van der Waals surface area contributed by atoms with E-state index in [1.165, 1.54) is 13.2 Å². The van der Waals surface area contributed by atoms with Crippen molar-refractivity contribution in [2.45, 2.75) is 26.4 Å². The Morgan fingerprint density at radius 3 is 2.46 bits per heavy atom. The molecule has 2 amide bonds. The van der Waals surface area contributed by atoms with Crippen LogP contribution in [0.25, 0.3) is 11.3 Å². The first-order chi connectivity index (χ1) is 12.2. The minimum Gasteiger partial charge on any atom is -0.444 e. The highest BCUT2D eigenvalue weighted by Gasteiger charge is 2.21. The number of likely N-dealkylation sites (N-methyl/N-ethyl adjacent to an activating group) is 1. The number of nitrogens with one attached hydrogen (secondary N) is 2. The molecular weight excluding hydrogens is 336 g/mol. The summed E-state index contributed by atoms with van der Waals surface area (Å²) in [6.45, 7) is 4.93. The van der Waals surface area contributed by atoms with E-state index in [2.05, 4.69) is 15.3 Å². The summed E-state index contributed by atoms with van der Waals surface area (Å²) in [5, 5.41) is 2.39. The van der Waals surface area contributed by atoms with E-state index in [9.17, 15) is 14.4 Å². The summed E-state index contributed by atoms with van der Waals surface area (Å²) in [4.78, 5) is 43.8. The first-order valence-electron chi connectivity index (χ1n) is 8.04. The predicted octanol–water partition coefficient (Wildman–Crippen LogP) is 2.24. The van der Waals surface area contributed by atoms with Crippen LogP contribution >= 0.6 is 0 Å². The van der Waals surface area contributed by atoms with Crippen LogP contribution in [0.15, 0.2) is 41.3 Å². The van der Waals surface area contributed by atoms with Crippen molar-refractivity contribution in [1.29, 1.82) is 0 Å². The normalized spacial score (nSPS) is 10.9. The number of nitrogens with zero attached hydrogens (tertiary/aromatic N) is 2. The third-order valence-electron chi connectivity index (χ3n) is 3.21. The Kier molecular flexibility index (Phi) is 5.76. The number of rotatable bonds is 4. The average molecular weight is 358 g/mol. The maximum atomic E-state index is 12.1. The molecule has 0 aliphatic rings. The molecule has 2 rings (SSSR count). The molecule has 0 spiro atoms. The number of carbonyl (C=O) groups excluding carboxylic acids is 2. The van der Waals surface area contributed by atoms with Gasteiger partial charge in [-0.2, -0.15) is 0 Å². The number of benzene rings is 1. The number of amides is 2. The Morgan fingerprint density at radius 1 is 1.23 bits per heavy atom. The highest BCUT2D eigenvalue weighted by molar-refractivity contribution is 5.92. The van der Waals surface area contributed by atoms with Crippen molar-refractivity contribution in [2.24, 2.45) is 0 Å². The summed E-state index contributed by atoms with van der Waals surface area (Å²) in [5.41, 5.74) is 0.159. The molecule has 0 aliphatic carbocycles. The highest BCUT2D eigenvalue weighted by Crippen LogP contribution is 2.14. The van der Waals surface area contributed by atoms with Crippen LogP contribution in [0, 0.1) is 0 Å². The van der Waals surface area contributed by atoms with Gasteiger partial charge in [0.05, 0.1) is 11.9 Å². The molecule has 0 unspecified atom stereocenters. The van der Waals surface area contributed by atoms with E-state index < -0.39 is 23.2 Å². The molecule has 1 aromatic heterocycles. The lowest BCUT2D eigenvalue weighted by molar-refractivity contribution is -0.117. The zero-order valence-corrected chi connectivity index (χ0v) is 15.2. The monoisotopic (exact) mass is 358 g/mol. The topological polar surface area (TPSA) is 104 Å². The fourth-order valence-electron chi connectivity index (χ4n) is 2.05. The Labute approximate surface area is 151 Å². The van der Waals surface area contributed by atoms with Crippen LogP contribution in [0.1, 0.15) is 20.8 Å². The van der Waals surface area contributed by atoms with E-state index in [0.29, 0.717) is 5.69 Å². The smallest absolute Gasteiger partial charge is 0.410 e. The van der Waals surface area contributed by atoms with Gasteiger partial charge in [-0.05, 0) is 26.3 Å². The molecule has 0 radical (unpaired) electrons. The van der Waals surface area contributed by atoms with Crippen molar-refractivity contribution in [3.05, 3.63) is 46.9 Å². The molecule has 0 saturated carbocycles. The lowest BCUT2D eigenvalue weighted by atomic mass is 10.2. The molecule has 0 fully saturated rings. The third kappa shape index (κ3) is 5.44. The largest absolute Gasteiger partial charge is 0.444 e. The lowest BCUT2D eigenvalue weighted by Crippen LogP contribution is -2.39. The van der Waals surface area contributed by atoms with Gasteiger partial charge in [0.25, 0.3) is 5.56 Å². The molecule has 0 saturated heterocycles. The van der Waals surface area contributed by atoms with Gasteiger partial charge in [0.1, 0.15) is 12.1 Å². The second-order valence-corrected chi connectivity index (χ2v) is 6.73. The summed E-state index contributed by atoms with van der Waals surface area (Å²) in [5.74, 6) is -0.684. The van der Waals surface area contributed by atoms with Gasteiger partial charge in [-0.1, -0.05) is 30.3 Å². The quantitative estimate of drug-likeness (QED) is 0.872. The van der Waals surface area contributed by atoms with Gasteiger partial charge in [-0.15, -0.1) is 0 Å². The molecule has 0 aliphatic heterocycles. The number of hydrogen-bond acceptors (Lipinski definition) is 5. The van der Waals surface area contributed by atoms with Crippen molar-refractivity contribution in [1.82, 2.24) is 14.9 Å². The minimum absolute atomic E-state index is 0.132. The van der Waals surface area contributed by atoms with Gasteiger partial charge in [0, 0.05) is 7.05 Å². The van der Waals surface area contributed by atoms with Gasteiger partial charge in [-0.3, -0.25) is 9.59 Å². The second kappa shape index (κ2) is 7.81. The summed E-state index contributed by atoms with van der Waals surface area (Å²) in [6.07, 6.45) is 0.832. The van der Waals surface area contributed by atoms with Crippen LogP contribution in [0.2, 0.25) is 0 Å². The molecule has 0 bridgehead atoms. The van der Waals surface area contributed by atoms with Crippen LogP contribution in [0.5, 0.6) is 0 Å². The third-order valence-corrected chi connectivity index (χ3v) is 3.21. The van der Waals surface area contributed by atoms with Gasteiger partial charge < -0.3 is 19.9 Å². The molecule has 2 aromatic rings. The average Bonchev–Trinajstić information content (AvgIpc) is 2.56. The molecule has 1 heterocycles. The molecule has 26 heavy (non-hydrogen) atoms. The minimum atomic E-state index is -0.659. The van der Waals surface area contributed by atoms with E-state index in [-0.39, 0.29) is 12.4 Å². The predicted molar refractivity (Wildman–Crippen MR) is 97.8 cm³/mol. The van der Waals surface area contributed by atoms with Crippen LogP contribution in [-0.4, -0.2) is 46.1 Å². The number of hydrogen-bond donors (Lipinski definition) is 2. The second-order valence-electron chi connectivity index (χ2n) is 6.73. The fraction of sp³-hybridized carbons (Fsp3) is 0.333. The first-order valence-corrected chi connectivity index (χ1v) is 8.04. The summed E-state index contributed by atoms with van der Waals surface area (Å²) >= 11 is 0. The van der Waals surface area contributed by atoms with Crippen LogP contribution in [0.4, 0.5) is 10.6 Å². The Balaban J connectivity index is 2.01. The van der Waals surface area contributed by atoms with Crippen LogP contribution < -0.4 is 10.9 Å². The number of anilines is 1. The Hall–Kier alpha value is -3.16. The fourth-order valence-corrected chi connectivity index (χ4v) is 2.05. The van der Waals surface area contributed by atoms with Crippen LogP contribution in [0.3, 0.4) is 0 Å². The van der Waals surface area contributed by atoms with Crippen molar-refractivity contribution < 1.29 is 14.3 Å². The SMILES string of the molecule is CN(CC(=O)Nc1ncc(-c2ccccc2)[nH]c1=O)C(=O)OC(C)(C)C. The first kappa shape index (κ1) is 19.2. The zero-order valence-electron chi connectivity index (χ0n) is 15.2. The molecule has 0 atom stereocenters. The van der Waals surface area contributed by atoms with Gasteiger partial charge >= 0.3 is 6.09 Å². The van der Waals surface area contributed by atoms with Crippen LogP contribution in [-0.2, 0) is 9.53 Å². The number of ether oxygens (including phenoxy) is 1. The van der Waals surface area contributed by atoms with E-state index in [1.807, 2.05) is 30.3 Å². The van der Waals surface area contributed by atoms with E-state index >= 15 is 0 Å². The number of H-pyrrole nitrogens is 1. The number of aromatic nitrogens is 2. The summed E-state index contributed by atoms with van der Waals surface area (Å²) in [7, 11) is 1.43. The van der Waals surface area contributed by atoms with Gasteiger partial charge in [0.2, 0.25) is 5.91 Å². The molecule has 1 aromatic carbocycles. The Bertz CT molecular complexity index is 840. The van der Waals surface area contributed by atoms with E-state index in [4.69, 9.17) is 4.74 Å². The maximum Gasteiger partial charge on any atom is 0.410 e. The van der Waals surface area contributed by atoms with Crippen molar-refractivity contribution in [3.8, 4) is 11.3 Å². The van der Waals surface area contributed by atoms with E-state index in [0.717, 1.165) is 10.5 Å². The van der Waals surface area contributed by atoms with Gasteiger partial charge in [0.15, 0.2) is 5.82 Å².